The van der Waals surface area contributed by atoms with E-state index in [2.05, 4.69) is 16.0 Å². The number of carbonyl (C=O) groups is 2. The summed E-state index contributed by atoms with van der Waals surface area (Å²) in [7, 11) is 0. The number of carbonyl (C=O) groups excluding carboxylic acids is 2. The number of hydrogen-bond donors (Lipinski definition) is 3. The van der Waals surface area contributed by atoms with Crippen LogP contribution in [0.2, 0.25) is 0 Å². The van der Waals surface area contributed by atoms with Crippen LogP contribution in [0, 0.1) is 0 Å². The Morgan fingerprint density at radius 2 is 1.69 bits per heavy atom. The molecule has 3 amide bonds. The average Bonchev–Trinajstić information content (AvgIpc) is 3.38. The summed E-state index contributed by atoms with van der Waals surface area (Å²) >= 11 is 0. The number of hydrogen-bond acceptors (Lipinski definition) is 4. The lowest BCUT2D eigenvalue weighted by Crippen LogP contribution is -2.31. The number of rotatable bonds is 5. The molecule has 0 saturated carbocycles. The zero-order valence-corrected chi connectivity index (χ0v) is 15.6. The Morgan fingerprint density at radius 1 is 0.897 bits per heavy atom. The maximum atomic E-state index is 12.4. The van der Waals surface area contributed by atoms with Crippen LogP contribution in [0.15, 0.2) is 81.8 Å². The molecule has 0 aliphatic carbocycles. The van der Waals surface area contributed by atoms with E-state index < -0.39 is 0 Å². The van der Waals surface area contributed by atoms with Crippen LogP contribution < -0.4 is 16.0 Å². The van der Waals surface area contributed by atoms with Crippen molar-refractivity contribution < 1.29 is 18.4 Å². The SMILES string of the molecule is C[C@H](NC(=O)Nc1cccc(NC(=O)c2ccco2)c1)c1cc2ccccc2o1. The van der Waals surface area contributed by atoms with E-state index >= 15 is 0 Å². The molecule has 0 spiro atoms. The molecule has 2 aromatic carbocycles. The molecule has 1 atom stereocenters. The summed E-state index contributed by atoms with van der Waals surface area (Å²) in [6.07, 6.45) is 1.43. The first kappa shape index (κ1) is 18.4. The number of benzene rings is 2. The maximum absolute atomic E-state index is 12.4. The van der Waals surface area contributed by atoms with E-state index in [1.807, 2.05) is 37.3 Å². The van der Waals surface area contributed by atoms with Crippen molar-refractivity contribution in [3.63, 3.8) is 0 Å². The minimum Gasteiger partial charge on any atom is -0.459 e. The molecule has 0 unspecified atom stereocenters. The molecule has 0 aliphatic rings. The van der Waals surface area contributed by atoms with E-state index in [1.54, 1.807) is 36.4 Å². The highest BCUT2D eigenvalue weighted by Crippen LogP contribution is 2.24. The summed E-state index contributed by atoms with van der Waals surface area (Å²) in [6, 6.07) is 18.9. The van der Waals surface area contributed by atoms with Crippen LogP contribution in [0.4, 0.5) is 16.2 Å². The van der Waals surface area contributed by atoms with Crippen molar-refractivity contribution in [3.8, 4) is 0 Å². The molecule has 3 N–H and O–H groups in total. The van der Waals surface area contributed by atoms with Gasteiger partial charge in [0.2, 0.25) is 0 Å². The summed E-state index contributed by atoms with van der Waals surface area (Å²) in [5.74, 6) is 0.511. The Morgan fingerprint density at radius 3 is 2.45 bits per heavy atom. The molecule has 0 radical (unpaired) electrons. The van der Waals surface area contributed by atoms with Gasteiger partial charge in [0.05, 0.1) is 12.3 Å². The lowest BCUT2D eigenvalue weighted by atomic mass is 10.2. The van der Waals surface area contributed by atoms with Gasteiger partial charge in [-0.1, -0.05) is 24.3 Å². The number of urea groups is 1. The molecule has 0 fully saturated rings. The van der Waals surface area contributed by atoms with Crippen LogP contribution >= 0.6 is 0 Å². The fourth-order valence-corrected chi connectivity index (χ4v) is 2.93. The Kier molecular flexibility index (Phi) is 5.03. The Bertz CT molecular complexity index is 1110. The molecule has 2 heterocycles. The Labute approximate surface area is 166 Å². The quantitative estimate of drug-likeness (QED) is 0.439. The predicted octanol–water partition coefficient (Wildman–Crippen LogP) is 5.16. The lowest BCUT2D eigenvalue weighted by Gasteiger charge is -2.13. The van der Waals surface area contributed by atoms with Gasteiger partial charge in [-0.25, -0.2) is 4.79 Å². The number of fused-ring (bicyclic) bond motifs is 1. The summed E-state index contributed by atoms with van der Waals surface area (Å²) in [5, 5.41) is 9.30. The highest BCUT2D eigenvalue weighted by molar-refractivity contribution is 6.02. The van der Waals surface area contributed by atoms with Gasteiger partial charge < -0.3 is 24.8 Å². The first-order valence-electron chi connectivity index (χ1n) is 9.09. The number of anilines is 2. The molecule has 2 aromatic heterocycles. The third-order valence-corrected chi connectivity index (χ3v) is 4.34. The molecule has 146 valence electrons. The first-order chi connectivity index (χ1) is 14.1. The molecule has 0 aliphatic heterocycles. The van der Waals surface area contributed by atoms with Gasteiger partial charge in [-0.3, -0.25) is 4.79 Å². The number of nitrogens with one attached hydrogen (secondary N) is 3. The monoisotopic (exact) mass is 389 g/mol. The van der Waals surface area contributed by atoms with Gasteiger partial charge in [-0.15, -0.1) is 0 Å². The summed E-state index contributed by atoms with van der Waals surface area (Å²) < 4.78 is 10.8. The van der Waals surface area contributed by atoms with Crippen LogP contribution in [-0.4, -0.2) is 11.9 Å². The van der Waals surface area contributed by atoms with E-state index in [-0.39, 0.29) is 23.7 Å². The average molecular weight is 389 g/mol. The standard InChI is InChI=1S/C22H19N3O4/c1-14(20-12-15-6-2-3-9-18(15)29-20)23-22(27)25-17-8-4-7-16(13-17)24-21(26)19-10-5-11-28-19/h2-14H,1H3,(H,24,26)(H2,23,25,27)/t14-/m0/s1. The van der Waals surface area contributed by atoms with Gasteiger partial charge in [0.25, 0.3) is 5.91 Å². The summed E-state index contributed by atoms with van der Waals surface area (Å²) in [5.41, 5.74) is 1.85. The van der Waals surface area contributed by atoms with Gasteiger partial charge >= 0.3 is 6.03 Å². The third-order valence-electron chi connectivity index (χ3n) is 4.34. The molecule has 7 nitrogen and oxygen atoms in total. The fourth-order valence-electron chi connectivity index (χ4n) is 2.93. The van der Waals surface area contributed by atoms with Gasteiger partial charge in [0, 0.05) is 16.8 Å². The second-order valence-electron chi connectivity index (χ2n) is 6.52. The molecule has 0 saturated heterocycles. The molecular weight excluding hydrogens is 370 g/mol. The number of para-hydroxylation sites is 1. The van der Waals surface area contributed by atoms with Crippen LogP contribution in [0.1, 0.15) is 29.3 Å². The Balaban J connectivity index is 1.38. The minimum absolute atomic E-state index is 0.209. The largest absolute Gasteiger partial charge is 0.459 e. The topological polar surface area (TPSA) is 96.5 Å². The smallest absolute Gasteiger partial charge is 0.319 e. The molecule has 29 heavy (non-hydrogen) atoms. The van der Waals surface area contributed by atoms with Crippen molar-refractivity contribution in [1.29, 1.82) is 0 Å². The molecule has 4 aromatic rings. The van der Waals surface area contributed by atoms with Crippen LogP contribution in [0.3, 0.4) is 0 Å². The minimum atomic E-state index is -0.382. The summed E-state index contributed by atoms with van der Waals surface area (Å²) in [6.45, 7) is 1.84. The van der Waals surface area contributed by atoms with E-state index in [0.717, 1.165) is 11.0 Å². The van der Waals surface area contributed by atoms with Gasteiger partial charge in [0.1, 0.15) is 11.3 Å². The summed E-state index contributed by atoms with van der Waals surface area (Å²) in [4.78, 5) is 24.4. The van der Waals surface area contributed by atoms with Crippen molar-refractivity contribution >= 4 is 34.3 Å². The van der Waals surface area contributed by atoms with Crippen molar-refractivity contribution in [2.45, 2.75) is 13.0 Å². The van der Waals surface area contributed by atoms with Crippen molar-refractivity contribution in [3.05, 3.63) is 84.5 Å². The molecule has 0 bridgehead atoms. The first-order valence-corrected chi connectivity index (χ1v) is 9.09. The Hall–Kier alpha value is -4.00. The number of amides is 3. The highest BCUT2D eigenvalue weighted by Gasteiger charge is 2.15. The van der Waals surface area contributed by atoms with E-state index in [0.29, 0.717) is 17.1 Å². The highest BCUT2D eigenvalue weighted by atomic mass is 16.3. The van der Waals surface area contributed by atoms with Gasteiger partial charge in [0.15, 0.2) is 5.76 Å². The van der Waals surface area contributed by atoms with Gasteiger partial charge in [-0.05, 0) is 49.4 Å². The van der Waals surface area contributed by atoms with Crippen molar-refractivity contribution in [1.82, 2.24) is 5.32 Å². The normalized spacial score (nSPS) is 11.8. The van der Waals surface area contributed by atoms with Crippen LogP contribution in [-0.2, 0) is 0 Å². The van der Waals surface area contributed by atoms with E-state index in [1.165, 1.54) is 6.26 Å². The fraction of sp³-hybridized carbons (Fsp3) is 0.0909. The van der Waals surface area contributed by atoms with Crippen molar-refractivity contribution in [2.24, 2.45) is 0 Å². The number of furan rings is 2. The van der Waals surface area contributed by atoms with E-state index in [9.17, 15) is 9.59 Å². The van der Waals surface area contributed by atoms with Gasteiger partial charge in [-0.2, -0.15) is 0 Å². The van der Waals surface area contributed by atoms with Crippen LogP contribution in [0.5, 0.6) is 0 Å². The molecular formula is C22H19N3O4. The lowest BCUT2D eigenvalue weighted by molar-refractivity contribution is 0.0996. The van der Waals surface area contributed by atoms with Crippen molar-refractivity contribution in [2.75, 3.05) is 10.6 Å². The second kappa shape index (κ2) is 7.93. The zero-order chi connectivity index (χ0) is 20.2. The molecule has 7 heteroatoms. The maximum Gasteiger partial charge on any atom is 0.319 e. The second-order valence-corrected chi connectivity index (χ2v) is 6.52. The predicted molar refractivity (Wildman–Crippen MR) is 110 cm³/mol. The molecule has 4 rings (SSSR count). The van der Waals surface area contributed by atoms with E-state index in [4.69, 9.17) is 8.83 Å². The third kappa shape index (κ3) is 4.30. The van der Waals surface area contributed by atoms with Crippen LogP contribution in [0.25, 0.3) is 11.0 Å². The zero-order valence-electron chi connectivity index (χ0n) is 15.6.